The van der Waals surface area contributed by atoms with Gasteiger partial charge in [-0.15, -0.1) is 0 Å². The van der Waals surface area contributed by atoms with Crippen molar-refractivity contribution in [3.8, 4) is 17.2 Å². The van der Waals surface area contributed by atoms with Crippen LogP contribution in [0.4, 0.5) is 4.39 Å². The summed E-state index contributed by atoms with van der Waals surface area (Å²) in [6, 6.07) is 1.22. The maximum Gasteiger partial charge on any atom is 0.231 e. The molecule has 3 N–H and O–H groups in total. The number of hydrogen-bond donors (Lipinski definition) is 2. The largest absolute Gasteiger partial charge is 0.504 e. The lowest BCUT2D eigenvalue weighted by Gasteiger charge is -2.05. The van der Waals surface area contributed by atoms with Crippen LogP contribution in [0.5, 0.6) is 17.2 Å². The van der Waals surface area contributed by atoms with Crippen LogP contribution in [0.2, 0.25) is 0 Å². The molecule has 1 aliphatic rings. The van der Waals surface area contributed by atoms with Gasteiger partial charge in [0.05, 0.1) is 12.1 Å². The van der Waals surface area contributed by atoms with Crippen molar-refractivity contribution in [3.63, 3.8) is 0 Å². The summed E-state index contributed by atoms with van der Waals surface area (Å²) in [4.78, 5) is 11.2. The molecule has 15 heavy (non-hydrogen) atoms. The van der Waals surface area contributed by atoms with Crippen molar-refractivity contribution < 1.29 is 23.8 Å². The minimum Gasteiger partial charge on any atom is -0.504 e. The molecule has 0 aliphatic carbocycles. The smallest absolute Gasteiger partial charge is 0.231 e. The minimum atomic E-state index is -0.998. The molecule has 0 bridgehead atoms. The lowest BCUT2D eigenvalue weighted by molar-refractivity contribution is 0.0997. The Hall–Kier alpha value is -1.82. The number of carbonyl (C=O) groups is 1. The van der Waals surface area contributed by atoms with Crippen molar-refractivity contribution in [2.24, 2.45) is 5.73 Å². The van der Waals surface area contributed by atoms with E-state index < -0.39 is 17.3 Å². The van der Waals surface area contributed by atoms with Gasteiger partial charge >= 0.3 is 0 Å². The van der Waals surface area contributed by atoms with Crippen molar-refractivity contribution in [1.29, 1.82) is 0 Å². The molecule has 0 spiro atoms. The van der Waals surface area contributed by atoms with Crippen LogP contribution in [0.3, 0.4) is 0 Å². The third kappa shape index (κ3) is 1.39. The molecule has 0 atom stereocenters. The van der Waals surface area contributed by atoms with Crippen molar-refractivity contribution in [1.82, 2.24) is 0 Å². The van der Waals surface area contributed by atoms with Gasteiger partial charge < -0.3 is 20.3 Å². The Bertz CT molecular complexity index is 433. The molecule has 1 aromatic rings. The van der Waals surface area contributed by atoms with Gasteiger partial charge in [-0.3, -0.25) is 4.79 Å². The van der Waals surface area contributed by atoms with Crippen LogP contribution in [0.25, 0.3) is 0 Å². The maximum atomic E-state index is 13.4. The zero-order chi connectivity index (χ0) is 11.0. The van der Waals surface area contributed by atoms with E-state index in [4.69, 9.17) is 15.2 Å². The van der Waals surface area contributed by atoms with Crippen LogP contribution in [-0.2, 0) is 0 Å². The highest BCUT2D eigenvalue weighted by Gasteiger charge is 2.26. The molecular weight excluding hydrogens is 205 g/mol. The molecule has 0 radical (unpaired) electrons. The van der Waals surface area contributed by atoms with Gasteiger partial charge in [-0.05, 0) is 6.07 Å². The number of carbonyl (C=O) groups excluding carboxylic acids is 1. The summed E-state index contributed by atoms with van der Waals surface area (Å²) >= 11 is 0. The number of phenolic OH excluding ortho intramolecular Hbond substituents is 1. The molecule has 6 heteroatoms. The van der Waals surface area contributed by atoms with E-state index in [-0.39, 0.29) is 30.4 Å². The third-order valence-electron chi connectivity index (χ3n) is 2.07. The highest BCUT2D eigenvalue weighted by Crippen LogP contribution is 2.41. The predicted molar refractivity (Wildman–Crippen MR) is 47.6 cm³/mol. The average Bonchev–Trinajstić information content (AvgIpc) is 2.70. The Morgan fingerprint density at radius 1 is 1.60 bits per heavy atom. The van der Waals surface area contributed by atoms with Gasteiger partial charge in [0.1, 0.15) is 0 Å². The molecule has 0 unspecified atom stereocenters. The Balaban J connectivity index is 2.59. The molecule has 0 saturated carbocycles. The number of fused-ring (bicyclic) bond motifs is 1. The van der Waals surface area contributed by atoms with Crippen molar-refractivity contribution in [2.45, 2.75) is 0 Å². The lowest BCUT2D eigenvalue weighted by atomic mass is 10.1. The van der Waals surface area contributed by atoms with Crippen molar-refractivity contribution in [2.75, 3.05) is 13.3 Å². The SMILES string of the molecule is NCC(=O)c1cc2c(c(F)c1O)OCO2. The van der Waals surface area contributed by atoms with E-state index in [9.17, 15) is 14.3 Å². The standard InChI is InChI=1S/C9H8FNO4/c10-7-8(13)4(5(12)2-11)1-6-9(7)15-3-14-6/h1,13H,2-3,11H2. The summed E-state index contributed by atoms with van der Waals surface area (Å²) in [7, 11) is 0. The molecular formula is C9H8FNO4. The minimum absolute atomic E-state index is 0.0992. The summed E-state index contributed by atoms with van der Waals surface area (Å²) in [5.74, 6) is -2.40. The molecule has 2 rings (SSSR count). The van der Waals surface area contributed by atoms with E-state index in [0.29, 0.717) is 0 Å². The second kappa shape index (κ2) is 3.39. The van der Waals surface area contributed by atoms with E-state index in [1.807, 2.05) is 0 Å². The molecule has 80 valence electrons. The number of hydrogen-bond acceptors (Lipinski definition) is 5. The van der Waals surface area contributed by atoms with Gasteiger partial charge in [-0.1, -0.05) is 0 Å². The first-order valence-electron chi connectivity index (χ1n) is 4.19. The molecule has 0 fully saturated rings. The maximum absolute atomic E-state index is 13.4. The van der Waals surface area contributed by atoms with Gasteiger partial charge in [-0.25, -0.2) is 0 Å². The number of nitrogens with two attached hydrogens (primary N) is 1. The Kier molecular flexibility index (Phi) is 2.20. The fourth-order valence-corrected chi connectivity index (χ4v) is 1.32. The zero-order valence-corrected chi connectivity index (χ0v) is 7.62. The van der Waals surface area contributed by atoms with Crippen LogP contribution in [0.15, 0.2) is 6.07 Å². The third-order valence-corrected chi connectivity index (χ3v) is 2.07. The first-order valence-corrected chi connectivity index (χ1v) is 4.19. The van der Waals surface area contributed by atoms with E-state index in [1.54, 1.807) is 0 Å². The van der Waals surface area contributed by atoms with Crippen LogP contribution in [0, 0.1) is 5.82 Å². The first kappa shape index (κ1) is 9.72. The number of Topliss-reactive ketones (excluding diaryl/α,β-unsaturated/α-hetero) is 1. The number of ketones is 1. The average molecular weight is 213 g/mol. The van der Waals surface area contributed by atoms with Crippen LogP contribution in [0.1, 0.15) is 10.4 Å². The second-order valence-corrected chi connectivity index (χ2v) is 2.95. The normalized spacial score (nSPS) is 12.9. The van der Waals surface area contributed by atoms with Gasteiger partial charge in [0.25, 0.3) is 0 Å². The van der Waals surface area contributed by atoms with E-state index in [0.717, 1.165) is 0 Å². The summed E-state index contributed by atoms with van der Waals surface area (Å²) in [5, 5.41) is 9.38. The number of benzene rings is 1. The zero-order valence-electron chi connectivity index (χ0n) is 7.62. The van der Waals surface area contributed by atoms with Crippen LogP contribution < -0.4 is 15.2 Å². The molecule has 0 aromatic heterocycles. The fraction of sp³-hybridized carbons (Fsp3) is 0.222. The Morgan fingerprint density at radius 2 is 2.33 bits per heavy atom. The topological polar surface area (TPSA) is 81.8 Å². The summed E-state index contributed by atoms with van der Waals surface area (Å²) < 4.78 is 23.1. The molecule has 5 nitrogen and oxygen atoms in total. The molecule has 0 amide bonds. The number of ether oxygens (including phenoxy) is 2. The van der Waals surface area contributed by atoms with Gasteiger partial charge in [0.2, 0.25) is 18.4 Å². The van der Waals surface area contributed by atoms with Gasteiger partial charge in [-0.2, -0.15) is 4.39 Å². The quantitative estimate of drug-likeness (QED) is 0.695. The molecule has 1 aromatic carbocycles. The number of halogens is 1. The Labute approximate surface area is 84.2 Å². The van der Waals surface area contributed by atoms with E-state index in [2.05, 4.69) is 0 Å². The van der Waals surface area contributed by atoms with Crippen molar-refractivity contribution >= 4 is 5.78 Å². The second-order valence-electron chi connectivity index (χ2n) is 2.95. The predicted octanol–water partition coefficient (Wildman–Crippen LogP) is 0.401. The van der Waals surface area contributed by atoms with Crippen LogP contribution >= 0.6 is 0 Å². The highest BCUT2D eigenvalue weighted by molar-refractivity contribution is 6.00. The lowest BCUT2D eigenvalue weighted by Crippen LogP contribution is -2.14. The first-order chi connectivity index (χ1) is 7.15. The molecule has 1 aliphatic heterocycles. The summed E-state index contributed by atoms with van der Waals surface area (Å²) in [6.07, 6.45) is 0. The molecule has 0 saturated heterocycles. The number of aromatic hydroxyl groups is 1. The number of phenols is 1. The Morgan fingerprint density at radius 3 is 3.00 bits per heavy atom. The van der Waals surface area contributed by atoms with Gasteiger partial charge in [0, 0.05) is 0 Å². The highest BCUT2D eigenvalue weighted by atomic mass is 19.1. The van der Waals surface area contributed by atoms with Crippen molar-refractivity contribution in [3.05, 3.63) is 17.4 Å². The van der Waals surface area contributed by atoms with Gasteiger partial charge in [0.15, 0.2) is 17.3 Å². The monoisotopic (exact) mass is 213 g/mol. The van der Waals surface area contributed by atoms with E-state index in [1.165, 1.54) is 6.07 Å². The number of rotatable bonds is 2. The fourth-order valence-electron chi connectivity index (χ4n) is 1.32. The summed E-state index contributed by atoms with van der Waals surface area (Å²) in [5.41, 5.74) is 4.92. The van der Waals surface area contributed by atoms with E-state index >= 15 is 0 Å². The molecule has 1 heterocycles. The van der Waals surface area contributed by atoms with Crippen LogP contribution in [-0.4, -0.2) is 24.2 Å². The summed E-state index contributed by atoms with van der Waals surface area (Å²) in [6.45, 7) is -0.446.